The molecule has 0 spiro atoms. The Balaban J connectivity index is 1.53. The van der Waals surface area contributed by atoms with Crippen LogP contribution < -0.4 is 5.32 Å². The molecule has 0 radical (unpaired) electrons. The number of carboxylic acids is 1. The molecule has 2 heterocycles. The number of carboxylic acid groups (broad SMARTS) is 1. The number of carbonyl (C=O) groups is 2. The minimum Gasteiger partial charge on any atom is -0.478 e. The number of halogens is 1. The zero-order chi connectivity index (χ0) is 19.4. The lowest BCUT2D eigenvalue weighted by Gasteiger charge is -2.03. The molecular formula is C18H17FN4O4. The van der Waals surface area contributed by atoms with Crippen molar-refractivity contribution in [1.29, 1.82) is 0 Å². The maximum Gasteiger partial charge on any atom is 0.339 e. The largest absolute Gasteiger partial charge is 0.478 e. The lowest BCUT2D eigenvalue weighted by Crippen LogP contribution is -2.24. The molecule has 0 saturated heterocycles. The van der Waals surface area contributed by atoms with Crippen LogP contribution >= 0.6 is 0 Å². The predicted octanol–water partition coefficient (Wildman–Crippen LogP) is 2.16. The van der Waals surface area contributed by atoms with E-state index in [1.807, 2.05) is 0 Å². The number of oxazole rings is 1. The molecule has 27 heavy (non-hydrogen) atoms. The van der Waals surface area contributed by atoms with Crippen LogP contribution in [0.4, 0.5) is 4.39 Å². The zero-order valence-corrected chi connectivity index (χ0v) is 14.5. The Labute approximate surface area is 153 Å². The van der Waals surface area contributed by atoms with Gasteiger partial charge in [-0.3, -0.25) is 9.48 Å². The number of carbonyl (C=O) groups excluding carboxylic acids is 1. The van der Waals surface area contributed by atoms with Crippen molar-refractivity contribution in [3.8, 4) is 11.3 Å². The quantitative estimate of drug-likeness (QED) is 0.658. The van der Waals surface area contributed by atoms with E-state index in [4.69, 9.17) is 9.52 Å². The number of amides is 1. The van der Waals surface area contributed by atoms with E-state index in [2.05, 4.69) is 15.4 Å². The predicted molar refractivity (Wildman–Crippen MR) is 92.2 cm³/mol. The molecular weight excluding hydrogens is 355 g/mol. The number of nitrogens with one attached hydrogen (secondary N) is 1. The van der Waals surface area contributed by atoms with Crippen LogP contribution in [0.25, 0.3) is 11.3 Å². The van der Waals surface area contributed by atoms with Crippen molar-refractivity contribution < 1.29 is 23.5 Å². The van der Waals surface area contributed by atoms with Gasteiger partial charge >= 0.3 is 5.97 Å². The molecule has 0 atom stereocenters. The molecule has 3 rings (SSSR count). The van der Waals surface area contributed by atoms with E-state index in [-0.39, 0.29) is 42.4 Å². The number of rotatable bonds is 7. The smallest absolute Gasteiger partial charge is 0.339 e. The van der Waals surface area contributed by atoms with Gasteiger partial charge in [0, 0.05) is 31.6 Å². The van der Waals surface area contributed by atoms with Crippen molar-refractivity contribution in [2.45, 2.75) is 19.4 Å². The highest BCUT2D eigenvalue weighted by Crippen LogP contribution is 2.21. The topological polar surface area (TPSA) is 110 Å². The molecule has 0 aliphatic carbocycles. The molecule has 0 aliphatic heterocycles. The summed E-state index contributed by atoms with van der Waals surface area (Å²) in [5, 5.41) is 15.8. The van der Waals surface area contributed by atoms with Crippen LogP contribution in [0.2, 0.25) is 0 Å². The maximum absolute atomic E-state index is 13.0. The van der Waals surface area contributed by atoms with Gasteiger partial charge in [-0.1, -0.05) is 0 Å². The molecule has 0 bridgehead atoms. The van der Waals surface area contributed by atoms with Crippen LogP contribution in [0.1, 0.15) is 28.4 Å². The molecule has 0 saturated carbocycles. The number of hydrogen-bond acceptors (Lipinski definition) is 5. The molecule has 2 N–H and O–H groups in total. The van der Waals surface area contributed by atoms with Crippen LogP contribution in [0.15, 0.2) is 41.1 Å². The van der Waals surface area contributed by atoms with Crippen molar-refractivity contribution in [2.75, 3.05) is 0 Å². The first-order valence-corrected chi connectivity index (χ1v) is 8.15. The first-order chi connectivity index (χ1) is 12.9. The summed E-state index contributed by atoms with van der Waals surface area (Å²) in [5.41, 5.74) is 1.03. The number of aromatic nitrogens is 3. The Morgan fingerprint density at radius 1 is 1.30 bits per heavy atom. The van der Waals surface area contributed by atoms with Crippen LogP contribution in [-0.4, -0.2) is 31.7 Å². The lowest BCUT2D eigenvalue weighted by molar-refractivity contribution is -0.121. The minimum absolute atomic E-state index is 0.0215. The van der Waals surface area contributed by atoms with Crippen molar-refractivity contribution in [3.63, 3.8) is 0 Å². The summed E-state index contributed by atoms with van der Waals surface area (Å²) >= 11 is 0. The molecule has 0 unspecified atom stereocenters. The Bertz CT molecular complexity index is 962. The number of aryl methyl sites for hydroxylation is 2. The Hall–Kier alpha value is -3.49. The van der Waals surface area contributed by atoms with Gasteiger partial charge in [0.1, 0.15) is 11.4 Å². The summed E-state index contributed by atoms with van der Waals surface area (Å²) in [7, 11) is 1.61. The van der Waals surface area contributed by atoms with Gasteiger partial charge in [0.15, 0.2) is 11.7 Å². The molecule has 1 amide bonds. The fourth-order valence-electron chi connectivity index (χ4n) is 2.51. The summed E-state index contributed by atoms with van der Waals surface area (Å²) < 4.78 is 19.9. The van der Waals surface area contributed by atoms with E-state index in [1.54, 1.807) is 19.2 Å². The molecule has 8 nitrogen and oxygen atoms in total. The fraction of sp³-hybridized carbons (Fsp3) is 0.222. The van der Waals surface area contributed by atoms with Crippen LogP contribution in [-0.2, 0) is 24.8 Å². The average Bonchev–Trinajstić information content (AvgIpc) is 3.25. The standard InChI is InChI=1S/C18H17FN4O4/c1-23-10-13(18(25)26)14(22-23)8-20-16(24)6-7-17-21-9-15(27-17)11-2-4-12(19)5-3-11/h2-5,9-10H,6-8H2,1H3,(H,20,24)(H,25,26). The number of nitrogens with zero attached hydrogens (tertiary/aromatic N) is 3. The summed E-state index contributed by atoms with van der Waals surface area (Å²) in [4.78, 5) is 27.2. The van der Waals surface area contributed by atoms with Gasteiger partial charge in [-0.25, -0.2) is 14.2 Å². The minimum atomic E-state index is -1.10. The molecule has 3 aromatic rings. The summed E-state index contributed by atoms with van der Waals surface area (Å²) in [5.74, 6) is -0.841. The van der Waals surface area contributed by atoms with E-state index in [9.17, 15) is 14.0 Å². The molecule has 2 aromatic heterocycles. The molecule has 140 valence electrons. The van der Waals surface area contributed by atoms with Gasteiger partial charge < -0.3 is 14.8 Å². The molecule has 9 heteroatoms. The third kappa shape index (κ3) is 4.57. The highest BCUT2D eigenvalue weighted by molar-refractivity contribution is 5.88. The molecule has 0 fully saturated rings. The number of benzene rings is 1. The van der Waals surface area contributed by atoms with E-state index in [0.717, 1.165) is 0 Å². The summed E-state index contributed by atoms with van der Waals surface area (Å²) in [6.07, 6.45) is 3.31. The third-order valence-corrected chi connectivity index (χ3v) is 3.84. The summed E-state index contributed by atoms with van der Waals surface area (Å²) in [6.45, 7) is 0.0215. The SMILES string of the molecule is Cn1cc(C(=O)O)c(CNC(=O)CCc2ncc(-c3ccc(F)cc3)o2)n1. The number of aromatic carboxylic acids is 1. The highest BCUT2D eigenvalue weighted by Gasteiger charge is 2.15. The average molecular weight is 372 g/mol. The first kappa shape index (κ1) is 18.3. The Morgan fingerprint density at radius 2 is 2.04 bits per heavy atom. The van der Waals surface area contributed by atoms with Gasteiger partial charge in [-0.15, -0.1) is 0 Å². The Morgan fingerprint density at radius 3 is 2.74 bits per heavy atom. The first-order valence-electron chi connectivity index (χ1n) is 8.15. The van der Waals surface area contributed by atoms with Gasteiger partial charge in [0.2, 0.25) is 5.91 Å². The van der Waals surface area contributed by atoms with Crippen LogP contribution in [0, 0.1) is 5.82 Å². The van der Waals surface area contributed by atoms with Crippen molar-refractivity contribution in [2.24, 2.45) is 7.05 Å². The van der Waals surface area contributed by atoms with E-state index in [0.29, 0.717) is 17.2 Å². The van der Waals surface area contributed by atoms with Crippen molar-refractivity contribution in [3.05, 3.63) is 59.6 Å². The zero-order valence-electron chi connectivity index (χ0n) is 14.5. The second kappa shape index (κ2) is 7.81. The van der Waals surface area contributed by atoms with Crippen LogP contribution in [0.5, 0.6) is 0 Å². The normalized spacial score (nSPS) is 10.7. The maximum atomic E-state index is 13.0. The molecule has 0 aliphatic rings. The fourth-order valence-corrected chi connectivity index (χ4v) is 2.51. The monoisotopic (exact) mass is 372 g/mol. The van der Waals surface area contributed by atoms with Crippen molar-refractivity contribution >= 4 is 11.9 Å². The second-order valence-corrected chi connectivity index (χ2v) is 5.87. The highest BCUT2D eigenvalue weighted by atomic mass is 19.1. The second-order valence-electron chi connectivity index (χ2n) is 5.87. The van der Waals surface area contributed by atoms with Gasteiger partial charge in [-0.2, -0.15) is 5.10 Å². The molecule has 1 aromatic carbocycles. The van der Waals surface area contributed by atoms with E-state index < -0.39 is 5.97 Å². The van der Waals surface area contributed by atoms with Crippen molar-refractivity contribution in [1.82, 2.24) is 20.1 Å². The Kier molecular flexibility index (Phi) is 5.30. The number of hydrogen-bond donors (Lipinski definition) is 2. The van der Waals surface area contributed by atoms with Crippen LogP contribution in [0.3, 0.4) is 0 Å². The third-order valence-electron chi connectivity index (χ3n) is 3.84. The summed E-state index contributed by atoms with van der Waals surface area (Å²) in [6, 6.07) is 5.82. The van der Waals surface area contributed by atoms with Gasteiger partial charge in [-0.05, 0) is 24.3 Å². The van der Waals surface area contributed by atoms with E-state index >= 15 is 0 Å². The lowest BCUT2D eigenvalue weighted by atomic mass is 10.2. The van der Waals surface area contributed by atoms with E-state index in [1.165, 1.54) is 29.2 Å². The van der Waals surface area contributed by atoms with Gasteiger partial charge in [0.25, 0.3) is 0 Å². The van der Waals surface area contributed by atoms with Gasteiger partial charge in [0.05, 0.1) is 18.4 Å².